The number of ether oxygens (including phenoxy) is 5. The van der Waals surface area contributed by atoms with Crippen LogP contribution in [0.4, 0.5) is 74.6 Å². The Morgan fingerprint density at radius 3 is 1.13 bits per heavy atom. The lowest BCUT2D eigenvalue weighted by Gasteiger charge is -2.42. The van der Waals surface area contributed by atoms with Gasteiger partial charge in [0.1, 0.15) is 0 Å². The summed E-state index contributed by atoms with van der Waals surface area (Å²) in [6.45, 7) is -0.596. The fraction of sp³-hybridized carbons (Fsp3) is 1.00. The molecule has 0 bridgehead atoms. The molecule has 0 aromatic heterocycles. The van der Waals surface area contributed by atoms with Gasteiger partial charge in [-0.05, 0) is 0 Å². The van der Waals surface area contributed by atoms with Crippen molar-refractivity contribution in [3.63, 3.8) is 0 Å². The zero-order valence-corrected chi connectivity index (χ0v) is 22.8. The van der Waals surface area contributed by atoms with Crippen LogP contribution in [0.25, 0.3) is 0 Å². The minimum Gasteiger partial charge on any atom is -0.380 e. The van der Waals surface area contributed by atoms with Crippen LogP contribution in [0.1, 0.15) is 6.42 Å². The van der Waals surface area contributed by atoms with Crippen LogP contribution >= 0.6 is 0 Å². The molecule has 0 amide bonds. The standard InChI is InChI=1S/C22H28F17NO5/c23-15(24,1-5-41-6-2-40-3-7-42-9-11-44-13-14-45-12-10-43-8-4-40)16(25,26)17(27,28)18(29,30)19(31,32)20(33,34)21(35,36)22(37,38)39/h1-14H2. The van der Waals surface area contributed by atoms with Crippen molar-refractivity contribution in [2.24, 2.45) is 0 Å². The van der Waals surface area contributed by atoms with Crippen LogP contribution in [0.3, 0.4) is 0 Å². The van der Waals surface area contributed by atoms with Crippen molar-refractivity contribution in [2.45, 2.75) is 54.1 Å². The van der Waals surface area contributed by atoms with Crippen molar-refractivity contribution in [1.82, 2.24) is 4.90 Å². The molecule has 1 fully saturated rings. The van der Waals surface area contributed by atoms with Crippen LogP contribution in [0.5, 0.6) is 0 Å². The Hall–Kier alpha value is -1.43. The summed E-state index contributed by atoms with van der Waals surface area (Å²) in [5.41, 5.74) is 0. The zero-order valence-electron chi connectivity index (χ0n) is 22.8. The molecule has 45 heavy (non-hydrogen) atoms. The highest BCUT2D eigenvalue weighted by atomic mass is 19.4. The first-order valence-corrected chi connectivity index (χ1v) is 12.7. The summed E-state index contributed by atoms with van der Waals surface area (Å²) in [5, 5.41) is 0. The van der Waals surface area contributed by atoms with E-state index in [-0.39, 0.29) is 59.3 Å². The number of nitrogens with zero attached hydrogens (tertiary/aromatic N) is 1. The van der Waals surface area contributed by atoms with Crippen molar-refractivity contribution in [3.8, 4) is 0 Å². The molecule has 0 spiro atoms. The van der Waals surface area contributed by atoms with E-state index in [4.69, 9.17) is 18.9 Å². The monoisotopic (exact) mass is 709 g/mol. The van der Waals surface area contributed by atoms with Gasteiger partial charge in [0.15, 0.2) is 0 Å². The Bertz CT molecular complexity index is 873. The van der Waals surface area contributed by atoms with Crippen molar-refractivity contribution in [3.05, 3.63) is 0 Å². The maximum absolute atomic E-state index is 14.0. The summed E-state index contributed by atoms with van der Waals surface area (Å²) < 4.78 is 252. The topological polar surface area (TPSA) is 49.4 Å². The maximum Gasteiger partial charge on any atom is 0.460 e. The summed E-state index contributed by atoms with van der Waals surface area (Å²) in [6, 6.07) is 0. The first kappa shape index (κ1) is 41.6. The highest BCUT2D eigenvalue weighted by molar-refractivity contribution is 5.15. The van der Waals surface area contributed by atoms with Crippen molar-refractivity contribution < 1.29 is 98.3 Å². The van der Waals surface area contributed by atoms with Crippen molar-refractivity contribution >= 4 is 0 Å². The average molecular weight is 709 g/mol. The van der Waals surface area contributed by atoms with Crippen LogP contribution in [-0.4, -0.2) is 138 Å². The highest BCUT2D eigenvalue weighted by Crippen LogP contribution is 2.64. The molecular formula is C22H28F17NO5. The SMILES string of the molecule is FC(F)(F)C(F)(F)C(F)(F)C(F)(F)C(F)(F)C(F)(F)C(F)(F)C(F)(F)CCOCCN1CCOCCOCCOCCOCC1. The predicted octanol–water partition coefficient (Wildman–Crippen LogP) is 5.78. The fourth-order valence-electron chi connectivity index (χ4n) is 3.33. The van der Waals surface area contributed by atoms with Gasteiger partial charge in [-0.1, -0.05) is 0 Å². The zero-order chi connectivity index (χ0) is 35.0. The number of rotatable bonds is 12. The van der Waals surface area contributed by atoms with E-state index in [9.17, 15) is 74.6 Å². The van der Waals surface area contributed by atoms with Gasteiger partial charge in [0.25, 0.3) is 0 Å². The van der Waals surface area contributed by atoms with Crippen LogP contribution in [0, 0.1) is 0 Å². The Labute approximate surface area is 244 Å². The van der Waals surface area contributed by atoms with Gasteiger partial charge in [0, 0.05) is 26.1 Å². The molecule has 1 saturated heterocycles. The lowest BCUT2D eigenvalue weighted by molar-refractivity contribution is -0.462. The Morgan fingerprint density at radius 2 is 0.756 bits per heavy atom. The minimum absolute atomic E-state index is 0.0893. The molecule has 1 rings (SSSR count). The van der Waals surface area contributed by atoms with E-state index >= 15 is 0 Å². The van der Waals surface area contributed by atoms with Crippen molar-refractivity contribution in [1.29, 1.82) is 0 Å². The minimum atomic E-state index is -8.65. The number of hydrogen-bond donors (Lipinski definition) is 0. The maximum atomic E-state index is 14.0. The molecular weight excluding hydrogens is 681 g/mol. The lowest BCUT2D eigenvalue weighted by Crippen LogP contribution is -2.74. The van der Waals surface area contributed by atoms with E-state index < -0.39 is 67.3 Å². The van der Waals surface area contributed by atoms with Gasteiger partial charge in [-0.2, -0.15) is 74.6 Å². The summed E-state index contributed by atoms with van der Waals surface area (Å²) in [5.74, 6) is -56.5. The molecule has 0 radical (unpaired) electrons. The Balaban J connectivity index is 2.90. The first-order valence-electron chi connectivity index (χ1n) is 12.7. The van der Waals surface area contributed by atoms with E-state index in [1.54, 1.807) is 0 Å². The molecule has 0 aromatic rings. The molecule has 270 valence electrons. The third-order valence-electron chi connectivity index (χ3n) is 6.12. The molecule has 23 heteroatoms. The van der Waals surface area contributed by atoms with Gasteiger partial charge < -0.3 is 23.7 Å². The van der Waals surface area contributed by atoms with Gasteiger partial charge in [-0.3, -0.25) is 4.90 Å². The second kappa shape index (κ2) is 15.6. The van der Waals surface area contributed by atoms with Crippen LogP contribution in [0.15, 0.2) is 0 Å². The molecule has 1 heterocycles. The molecule has 0 atom stereocenters. The smallest absolute Gasteiger partial charge is 0.380 e. The predicted molar refractivity (Wildman–Crippen MR) is 116 cm³/mol. The number of hydrogen-bond acceptors (Lipinski definition) is 6. The van der Waals surface area contributed by atoms with E-state index in [0.29, 0.717) is 13.2 Å². The molecule has 1 aliphatic heterocycles. The summed E-state index contributed by atoms with van der Waals surface area (Å²) in [6.07, 6.45) is -10.4. The van der Waals surface area contributed by atoms with E-state index in [0.717, 1.165) is 0 Å². The highest BCUT2D eigenvalue weighted by Gasteiger charge is 2.95. The normalized spacial score (nSPS) is 19.7. The molecule has 6 nitrogen and oxygen atoms in total. The van der Waals surface area contributed by atoms with Gasteiger partial charge >= 0.3 is 47.6 Å². The third kappa shape index (κ3) is 9.14. The quantitative estimate of drug-likeness (QED) is 0.189. The number of halogens is 17. The Kier molecular flexibility index (Phi) is 14.5. The Morgan fingerprint density at radius 1 is 0.422 bits per heavy atom. The summed E-state index contributed by atoms with van der Waals surface area (Å²) >= 11 is 0. The van der Waals surface area contributed by atoms with E-state index in [2.05, 4.69) is 4.74 Å². The number of alkyl halides is 17. The molecule has 0 N–H and O–H groups in total. The van der Waals surface area contributed by atoms with Crippen LogP contribution in [-0.2, 0) is 23.7 Å². The van der Waals surface area contributed by atoms with Crippen LogP contribution in [0.2, 0.25) is 0 Å². The fourth-order valence-corrected chi connectivity index (χ4v) is 3.33. The van der Waals surface area contributed by atoms with Crippen molar-refractivity contribution in [2.75, 3.05) is 85.7 Å². The van der Waals surface area contributed by atoms with E-state index in [1.165, 1.54) is 4.90 Å². The first-order chi connectivity index (χ1) is 20.3. The lowest BCUT2D eigenvalue weighted by atomic mass is 9.88. The average Bonchev–Trinajstić information content (AvgIpc) is 2.91. The second-order valence-electron chi connectivity index (χ2n) is 9.30. The third-order valence-corrected chi connectivity index (χ3v) is 6.12. The largest absolute Gasteiger partial charge is 0.460 e. The molecule has 0 aromatic carbocycles. The second-order valence-corrected chi connectivity index (χ2v) is 9.30. The molecule has 1 aliphatic rings. The molecule has 0 unspecified atom stereocenters. The van der Waals surface area contributed by atoms with Gasteiger partial charge in [0.05, 0.1) is 66.1 Å². The summed E-state index contributed by atoms with van der Waals surface area (Å²) in [7, 11) is 0. The van der Waals surface area contributed by atoms with Gasteiger partial charge in [-0.15, -0.1) is 0 Å². The van der Waals surface area contributed by atoms with Crippen LogP contribution < -0.4 is 0 Å². The van der Waals surface area contributed by atoms with E-state index in [1.807, 2.05) is 0 Å². The van der Waals surface area contributed by atoms with Gasteiger partial charge in [0.2, 0.25) is 0 Å². The molecule has 0 saturated carbocycles. The molecule has 0 aliphatic carbocycles. The summed E-state index contributed by atoms with van der Waals surface area (Å²) in [4.78, 5) is 1.53. The van der Waals surface area contributed by atoms with Gasteiger partial charge in [-0.25, -0.2) is 0 Å².